The highest BCUT2D eigenvalue weighted by Crippen LogP contribution is 2.26. The van der Waals surface area contributed by atoms with Crippen LogP contribution in [0.1, 0.15) is 51.0 Å². The van der Waals surface area contributed by atoms with Gasteiger partial charge >= 0.3 is 6.03 Å². The summed E-state index contributed by atoms with van der Waals surface area (Å²) >= 11 is 0. The summed E-state index contributed by atoms with van der Waals surface area (Å²) in [4.78, 5) is 16.9. The molecule has 1 saturated carbocycles. The summed E-state index contributed by atoms with van der Waals surface area (Å²) in [6.45, 7) is 5.19. The van der Waals surface area contributed by atoms with E-state index in [4.69, 9.17) is 0 Å². The van der Waals surface area contributed by atoms with Crippen molar-refractivity contribution in [3.63, 3.8) is 0 Å². The lowest BCUT2D eigenvalue weighted by atomic mass is 9.86. The van der Waals surface area contributed by atoms with Crippen molar-refractivity contribution in [3.8, 4) is 0 Å². The van der Waals surface area contributed by atoms with E-state index < -0.39 is 0 Å². The number of para-hydroxylation sites is 1. The molecule has 4 nitrogen and oxygen atoms in total. The maximum Gasteiger partial charge on any atom is 0.317 e. The summed E-state index contributed by atoms with van der Waals surface area (Å²) in [5, 5.41) is 3.25. The molecular weight excluding hydrogens is 298 g/mol. The van der Waals surface area contributed by atoms with Crippen molar-refractivity contribution < 1.29 is 4.79 Å². The normalized spacial score (nSPS) is 24.0. The van der Waals surface area contributed by atoms with E-state index >= 15 is 0 Å². The summed E-state index contributed by atoms with van der Waals surface area (Å²) in [6.07, 6.45) is 7.41. The Balaban J connectivity index is 1.61. The second-order valence-corrected chi connectivity index (χ2v) is 7.50. The van der Waals surface area contributed by atoms with Crippen molar-refractivity contribution in [2.24, 2.45) is 5.92 Å². The molecule has 1 aliphatic heterocycles. The van der Waals surface area contributed by atoms with E-state index in [1.807, 2.05) is 11.9 Å². The lowest BCUT2D eigenvalue weighted by Crippen LogP contribution is -2.46. The third-order valence-corrected chi connectivity index (χ3v) is 5.61. The first-order valence-corrected chi connectivity index (χ1v) is 9.49. The summed E-state index contributed by atoms with van der Waals surface area (Å²) in [5.74, 6) is 0.591. The van der Waals surface area contributed by atoms with Gasteiger partial charge in [0.15, 0.2) is 0 Å². The Kier molecular flexibility index (Phi) is 5.64. The van der Waals surface area contributed by atoms with Crippen molar-refractivity contribution in [2.75, 3.05) is 25.0 Å². The van der Waals surface area contributed by atoms with Crippen molar-refractivity contribution in [1.29, 1.82) is 0 Å². The predicted molar refractivity (Wildman–Crippen MR) is 99.3 cm³/mol. The van der Waals surface area contributed by atoms with Gasteiger partial charge in [0.05, 0.1) is 0 Å². The molecular formula is C20H31N3O. The molecule has 1 aromatic carbocycles. The quantitative estimate of drug-likeness (QED) is 0.906. The zero-order valence-electron chi connectivity index (χ0n) is 15.1. The second-order valence-electron chi connectivity index (χ2n) is 7.50. The standard InChI is InChI=1S/C20H31N3O/c1-16-9-3-5-11-18(16)21-20(24)22(2)15-17-10-4-6-12-19(17)23-13-7-8-14-23/h4,6,10,12,16,18H,3,5,7-9,11,13-15H2,1-2H3,(H,21,24). The van der Waals surface area contributed by atoms with E-state index in [0.717, 1.165) is 19.5 Å². The Morgan fingerprint density at radius 1 is 1.17 bits per heavy atom. The molecule has 0 radical (unpaired) electrons. The van der Waals surface area contributed by atoms with Gasteiger partial charge in [-0.25, -0.2) is 4.79 Å². The molecule has 1 saturated heterocycles. The van der Waals surface area contributed by atoms with Gasteiger partial charge in [-0.3, -0.25) is 0 Å². The van der Waals surface area contributed by atoms with E-state index in [9.17, 15) is 4.79 Å². The van der Waals surface area contributed by atoms with Crippen LogP contribution in [0.2, 0.25) is 0 Å². The Bertz CT molecular complexity index is 554. The fourth-order valence-electron chi connectivity index (χ4n) is 4.04. The first-order chi connectivity index (χ1) is 11.6. The molecule has 0 bridgehead atoms. The Hall–Kier alpha value is -1.71. The van der Waals surface area contributed by atoms with Crippen molar-refractivity contribution >= 4 is 11.7 Å². The van der Waals surface area contributed by atoms with Crippen LogP contribution in [0.25, 0.3) is 0 Å². The van der Waals surface area contributed by atoms with Gasteiger partial charge in [0.25, 0.3) is 0 Å². The molecule has 1 aliphatic carbocycles. The second kappa shape index (κ2) is 7.91. The Morgan fingerprint density at radius 2 is 1.88 bits per heavy atom. The molecule has 2 unspecified atom stereocenters. The van der Waals surface area contributed by atoms with E-state index in [1.165, 1.54) is 43.4 Å². The summed E-state index contributed by atoms with van der Waals surface area (Å²) in [7, 11) is 1.91. The maximum atomic E-state index is 12.6. The van der Waals surface area contributed by atoms with Crippen LogP contribution >= 0.6 is 0 Å². The average molecular weight is 329 g/mol. The van der Waals surface area contributed by atoms with Crippen molar-refractivity contribution in [1.82, 2.24) is 10.2 Å². The number of benzene rings is 1. The highest BCUT2D eigenvalue weighted by molar-refractivity contribution is 5.74. The van der Waals surface area contributed by atoms with Gasteiger partial charge in [0.1, 0.15) is 0 Å². The van der Waals surface area contributed by atoms with Gasteiger partial charge in [0.2, 0.25) is 0 Å². The van der Waals surface area contributed by atoms with Gasteiger partial charge in [0, 0.05) is 38.4 Å². The van der Waals surface area contributed by atoms with Crippen LogP contribution < -0.4 is 10.2 Å². The fraction of sp³-hybridized carbons (Fsp3) is 0.650. The number of nitrogens with one attached hydrogen (secondary N) is 1. The molecule has 1 heterocycles. The number of anilines is 1. The summed E-state index contributed by atoms with van der Waals surface area (Å²) in [6, 6.07) is 8.91. The number of amides is 2. The van der Waals surface area contributed by atoms with Crippen LogP contribution in [0.3, 0.4) is 0 Å². The number of hydrogen-bond donors (Lipinski definition) is 1. The molecule has 1 N–H and O–H groups in total. The number of nitrogens with zero attached hydrogens (tertiary/aromatic N) is 2. The van der Waals surface area contributed by atoms with Gasteiger partial charge in [-0.15, -0.1) is 0 Å². The summed E-state index contributed by atoms with van der Waals surface area (Å²) in [5.41, 5.74) is 2.54. The highest BCUT2D eigenvalue weighted by Gasteiger charge is 2.24. The Labute approximate surface area is 146 Å². The van der Waals surface area contributed by atoms with E-state index in [-0.39, 0.29) is 6.03 Å². The topological polar surface area (TPSA) is 35.6 Å². The molecule has 4 heteroatoms. The zero-order valence-corrected chi connectivity index (χ0v) is 15.1. The van der Waals surface area contributed by atoms with Crippen LogP contribution in [0.15, 0.2) is 24.3 Å². The number of hydrogen-bond acceptors (Lipinski definition) is 2. The number of urea groups is 1. The van der Waals surface area contributed by atoms with Crippen molar-refractivity contribution in [2.45, 2.75) is 58.0 Å². The number of rotatable bonds is 4. The molecule has 2 aliphatic rings. The van der Waals surface area contributed by atoms with Crippen LogP contribution in [0.5, 0.6) is 0 Å². The van der Waals surface area contributed by atoms with E-state index in [1.54, 1.807) is 0 Å². The minimum absolute atomic E-state index is 0.0602. The SMILES string of the molecule is CC1CCCCC1NC(=O)N(C)Cc1ccccc1N1CCCC1. The molecule has 0 spiro atoms. The number of carbonyl (C=O) groups is 1. The van der Waals surface area contributed by atoms with Gasteiger partial charge in [-0.05, 0) is 43.2 Å². The highest BCUT2D eigenvalue weighted by atomic mass is 16.2. The molecule has 2 fully saturated rings. The molecule has 3 rings (SSSR count). The van der Waals surface area contributed by atoms with Gasteiger partial charge in [-0.2, -0.15) is 0 Å². The lowest BCUT2D eigenvalue weighted by molar-refractivity contribution is 0.190. The van der Waals surface area contributed by atoms with Crippen LogP contribution in [0, 0.1) is 5.92 Å². The molecule has 132 valence electrons. The third-order valence-electron chi connectivity index (χ3n) is 5.61. The van der Waals surface area contributed by atoms with E-state index in [2.05, 4.69) is 41.4 Å². The monoisotopic (exact) mass is 329 g/mol. The van der Waals surface area contributed by atoms with Gasteiger partial charge < -0.3 is 15.1 Å². The summed E-state index contributed by atoms with van der Waals surface area (Å²) < 4.78 is 0. The van der Waals surface area contributed by atoms with Gasteiger partial charge in [-0.1, -0.05) is 38.0 Å². The zero-order chi connectivity index (χ0) is 16.9. The third kappa shape index (κ3) is 4.03. The minimum Gasteiger partial charge on any atom is -0.371 e. The fourth-order valence-corrected chi connectivity index (χ4v) is 4.04. The molecule has 24 heavy (non-hydrogen) atoms. The smallest absolute Gasteiger partial charge is 0.317 e. The van der Waals surface area contributed by atoms with Crippen LogP contribution in [-0.4, -0.2) is 37.1 Å². The largest absolute Gasteiger partial charge is 0.371 e. The van der Waals surface area contributed by atoms with Crippen molar-refractivity contribution in [3.05, 3.63) is 29.8 Å². The average Bonchev–Trinajstić information content (AvgIpc) is 3.11. The molecule has 0 aromatic heterocycles. The molecule has 2 amide bonds. The predicted octanol–water partition coefficient (Wildman–Crippen LogP) is 4.01. The van der Waals surface area contributed by atoms with Crippen LogP contribution in [-0.2, 0) is 6.54 Å². The Morgan fingerprint density at radius 3 is 2.62 bits per heavy atom. The minimum atomic E-state index is 0.0602. The molecule has 2 atom stereocenters. The maximum absolute atomic E-state index is 12.6. The first-order valence-electron chi connectivity index (χ1n) is 9.49. The first kappa shape index (κ1) is 17.1. The molecule has 1 aromatic rings. The van der Waals surface area contributed by atoms with Crippen LogP contribution in [0.4, 0.5) is 10.5 Å². The lowest BCUT2D eigenvalue weighted by Gasteiger charge is -2.31. The van der Waals surface area contributed by atoms with E-state index in [0.29, 0.717) is 18.5 Å². The number of carbonyl (C=O) groups excluding carboxylic acids is 1.